The van der Waals surface area contributed by atoms with E-state index < -0.39 is 0 Å². The van der Waals surface area contributed by atoms with E-state index in [-0.39, 0.29) is 11.6 Å². The van der Waals surface area contributed by atoms with Crippen molar-refractivity contribution in [3.63, 3.8) is 0 Å². The van der Waals surface area contributed by atoms with Crippen molar-refractivity contribution in [1.29, 1.82) is 0 Å². The molecule has 18 heavy (non-hydrogen) atoms. The summed E-state index contributed by atoms with van der Waals surface area (Å²) in [7, 11) is 1.74. The minimum atomic E-state index is -0.0392. The molecule has 1 atom stereocenters. The summed E-state index contributed by atoms with van der Waals surface area (Å²) in [5.41, 5.74) is 1.50. The van der Waals surface area contributed by atoms with Gasteiger partial charge in [-0.25, -0.2) is 4.98 Å². The SMILES string of the molecule is COC1CC(NC(C)c2c(C)nc(C)[nH]c2=O)C1. The number of aromatic amines is 1. The summed E-state index contributed by atoms with van der Waals surface area (Å²) in [5.74, 6) is 0.663. The Balaban J connectivity index is 2.06. The van der Waals surface area contributed by atoms with Crippen LogP contribution in [0.2, 0.25) is 0 Å². The number of nitrogens with zero attached hydrogens (tertiary/aromatic N) is 1. The molecule has 2 rings (SSSR count). The predicted octanol–water partition coefficient (Wildman–Crippen LogP) is 1.21. The van der Waals surface area contributed by atoms with Crippen LogP contribution in [0.4, 0.5) is 0 Å². The van der Waals surface area contributed by atoms with E-state index in [1.165, 1.54) is 0 Å². The van der Waals surface area contributed by atoms with Crippen molar-refractivity contribution in [2.45, 2.75) is 51.8 Å². The van der Waals surface area contributed by atoms with Gasteiger partial charge in [0.15, 0.2) is 0 Å². The number of aromatic nitrogens is 2. The molecule has 1 fully saturated rings. The first-order valence-electron chi connectivity index (χ1n) is 6.37. The first-order valence-corrected chi connectivity index (χ1v) is 6.37. The minimum Gasteiger partial charge on any atom is -0.381 e. The van der Waals surface area contributed by atoms with Crippen molar-refractivity contribution < 1.29 is 4.74 Å². The summed E-state index contributed by atoms with van der Waals surface area (Å²) in [6, 6.07) is 0.453. The highest BCUT2D eigenvalue weighted by Crippen LogP contribution is 2.25. The molecule has 0 saturated heterocycles. The largest absolute Gasteiger partial charge is 0.381 e. The molecule has 0 amide bonds. The number of hydrogen-bond donors (Lipinski definition) is 2. The quantitative estimate of drug-likeness (QED) is 0.844. The smallest absolute Gasteiger partial charge is 0.255 e. The van der Waals surface area contributed by atoms with Crippen LogP contribution in [0.5, 0.6) is 0 Å². The van der Waals surface area contributed by atoms with Gasteiger partial charge < -0.3 is 15.0 Å². The molecule has 0 radical (unpaired) electrons. The molecule has 100 valence electrons. The average molecular weight is 251 g/mol. The molecule has 1 unspecified atom stereocenters. The number of hydrogen-bond acceptors (Lipinski definition) is 4. The van der Waals surface area contributed by atoms with Gasteiger partial charge in [0.1, 0.15) is 5.82 Å². The Bertz CT molecular complexity index is 478. The van der Waals surface area contributed by atoms with Gasteiger partial charge in [-0.3, -0.25) is 4.79 Å². The summed E-state index contributed by atoms with van der Waals surface area (Å²) in [6.45, 7) is 5.69. The fourth-order valence-corrected chi connectivity index (χ4v) is 2.58. The van der Waals surface area contributed by atoms with Gasteiger partial charge in [0.2, 0.25) is 0 Å². The van der Waals surface area contributed by atoms with E-state index in [0.717, 1.165) is 24.1 Å². The van der Waals surface area contributed by atoms with Crippen LogP contribution < -0.4 is 10.9 Å². The van der Waals surface area contributed by atoms with Gasteiger partial charge in [-0.15, -0.1) is 0 Å². The molecular formula is C13H21N3O2. The third-order valence-electron chi connectivity index (χ3n) is 3.61. The van der Waals surface area contributed by atoms with Crippen LogP contribution >= 0.6 is 0 Å². The maximum atomic E-state index is 12.0. The van der Waals surface area contributed by atoms with Crippen LogP contribution in [-0.2, 0) is 4.74 Å². The predicted molar refractivity (Wildman–Crippen MR) is 69.7 cm³/mol. The molecule has 1 aromatic heterocycles. The maximum absolute atomic E-state index is 12.0. The van der Waals surface area contributed by atoms with Crippen molar-refractivity contribution >= 4 is 0 Å². The van der Waals surface area contributed by atoms with Crippen LogP contribution in [-0.4, -0.2) is 29.2 Å². The Hall–Kier alpha value is -1.20. The molecule has 0 aromatic carbocycles. The molecule has 1 aromatic rings. The van der Waals surface area contributed by atoms with Crippen LogP contribution in [0.25, 0.3) is 0 Å². The number of methoxy groups -OCH3 is 1. The van der Waals surface area contributed by atoms with Crippen molar-refractivity contribution in [1.82, 2.24) is 15.3 Å². The van der Waals surface area contributed by atoms with E-state index in [1.54, 1.807) is 14.0 Å². The lowest BCUT2D eigenvalue weighted by Crippen LogP contribution is -2.46. The van der Waals surface area contributed by atoms with Crippen LogP contribution in [0.3, 0.4) is 0 Å². The average Bonchev–Trinajstić information content (AvgIpc) is 2.21. The number of ether oxygens (including phenoxy) is 1. The first-order chi connectivity index (χ1) is 8.51. The zero-order valence-electron chi connectivity index (χ0n) is 11.4. The maximum Gasteiger partial charge on any atom is 0.255 e. The van der Waals surface area contributed by atoms with Crippen molar-refractivity contribution in [3.05, 3.63) is 27.4 Å². The minimum absolute atomic E-state index is 0.0182. The molecule has 5 heteroatoms. The van der Waals surface area contributed by atoms with Gasteiger partial charge in [0, 0.05) is 24.9 Å². The van der Waals surface area contributed by atoms with E-state index in [9.17, 15) is 4.79 Å². The summed E-state index contributed by atoms with van der Waals surface area (Å²) < 4.78 is 5.25. The summed E-state index contributed by atoms with van der Waals surface area (Å²) in [6.07, 6.45) is 2.39. The van der Waals surface area contributed by atoms with Crippen LogP contribution in [0, 0.1) is 13.8 Å². The fraction of sp³-hybridized carbons (Fsp3) is 0.692. The monoisotopic (exact) mass is 251 g/mol. The Morgan fingerprint density at radius 3 is 2.67 bits per heavy atom. The second-order valence-electron chi connectivity index (χ2n) is 5.06. The molecule has 0 spiro atoms. The number of H-pyrrole nitrogens is 1. The van der Waals surface area contributed by atoms with E-state index in [2.05, 4.69) is 15.3 Å². The van der Waals surface area contributed by atoms with Gasteiger partial charge in [-0.2, -0.15) is 0 Å². The fourth-order valence-electron chi connectivity index (χ4n) is 2.58. The normalized spacial score (nSPS) is 24.7. The number of rotatable bonds is 4. The first kappa shape index (κ1) is 13.2. The van der Waals surface area contributed by atoms with E-state index in [1.807, 2.05) is 13.8 Å². The lowest BCUT2D eigenvalue weighted by atomic mass is 9.88. The molecule has 0 bridgehead atoms. The van der Waals surface area contributed by atoms with E-state index in [0.29, 0.717) is 18.0 Å². The highest BCUT2D eigenvalue weighted by atomic mass is 16.5. The Morgan fingerprint density at radius 1 is 1.44 bits per heavy atom. The van der Waals surface area contributed by atoms with Crippen molar-refractivity contribution in [2.24, 2.45) is 0 Å². The molecular weight excluding hydrogens is 230 g/mol. The molecule has 2 N–H and O–H groups in total. The van der Waals surface area contributed by atoms with Crippen molar-refractivity contribution in [2.75, 3.05) is 7.11 Å². The lowest BCUT2D eigenvalue weighted by molar-refractivity contribution is 0.0146. The highest BCUT2D eigenvalue weighted by Gasteiger charge is 2.30. The Kier molecular flexibility index (Phi) is 3.82. The van der Waals surface area contributed by atoms with E-state index >= 15 is 0 Å². The van der Waals surface area contributed by atoms with Crippen molar-refractivity contribution in [3.8, 4) is 0 Å². The Labute approximate surface area is 107 Å². The third-order valence-corrected chi connectivity index (χ3v) is 3.61. The molecule has 1 saturated carbocycles. The van der Waals surface area contributed by atoms with E-state index in [4.69, 9.17) is 4.74 Å². The van der Waals surface area contributed by atoms with Gasteiger partial charge in [0.25, 0.3) is 5.56 Å². The van der Waals surface area contributed by atoms with Crippen LogP contribution in [0.15, 0.2) is 4.79 Å². The topological polar surface area (TPSA) is 67.0 Å². The van der Waals surface area contributed by atoms with Gasteiger partial charge in [0.05, 0.1) is 11.7 Å². The van der Waals surface area contributed by atoms with Crippen LogP contribution in [0.1, 0.15) is 42.9 Å². The number of nitrogens with one attached hydrogen (secondary N) is 2. The highest BCUT2D eigenvalue weighted by molar-refractivity contribution is 5.20. The number of aryl methyl sites for hydroxylation is 2. The summed E-state index contributed by atoms with van der Waals surface area (Å²) in [4.78, 5) is 19.0. The zero-order chi connectivity index (χ0) is 13.3. The summed E-state index contributed by atoms with van der Waals surface area (Å²) in [5, 5.41) is 3.46. The molecule has 1 aliphatic rings. The standard InChI is InChI=1S/C13H21N3O2/c1-7-12(13(17)16-9(3)14-7)8(2)15-10-5-11(6-10)18-4/h8,10-11,15H,5-6H2,1-4H3,(H,14,16,17). The molecule has 5 nitrogen and oxygen atoms in total. The molecule has 1 heterocycles. The molecule has 1 aliphatic carbocycles. The van der Waals surface area contributed by atoms with Gasteiger partial charge in [-0.05, 0) is 33.6 Å². The summed E-state index contributed by atoms with van der Waals surface area (Å²) >= 11 is 0. The molecule has 0 aliphatic heterocycles. The second-order valence-corrected chi connectivity index (χ2v) is 5.06. The third kappa shape index (κ3) is 2.62. The lowest BCUT2D eigenvalue weighted by Gasteiger charge is -2.36. The Morgan fingerprint density at radius 2 is 2.11 bits per heavy atom. The second kappa shape index (κ2) is 5.20. The van der Waals surface area contributed by atoms with Gasteiger partial charge in [-0.1, -0.05) is 0 Å². The zero-order valence-corrected chi connectivity index (χ0v) is 11.4. The van der Waals surface area contributed by atoms with Gasteiger partial charge >= 0.3 is 0 Å².